The molecule has 0 amide bonds. The Bertz CT molecular complexity index is 606. The van der Waals surface area contributed by atoms with Crippen molar-refractivity contribution in [3.8, 4) is 0 Å². The molecule has 10 nitrogen and oxygen atoms in total. The van der Waals surface area contributed by atoms with Gasteiger partial charge in [0, 0.05) is 48.0 Å². The number of rotatable bonds is 6. The summed E-state index contributed by atoms with van der Waals surface area (Å²) in [4.78, 5) is 23.1. The molecular weight excluding hydrogens is 388 g/mol. The molecule has 0 aromatic rings. The lowest BCUT2D eigenvalue weighted by Crippen LogP contribution is -2.60. The maximum absolute atomic E-state index is 11.8. The standard InChI is InChI=1S/C19H30O10/c1-11(20)25-10-13-14(26-12(2)21)15-16(17(22-3)27-13)29-19(28-15)9-7-6-8-18(19,23-4)24-5/h13-17H,6-10H2,1-5H3/t13-,14-,15+,16+,17+,19-/m1/s1. The third kappa shape index (κ3) is 4.01. The Morgan fingerprint density at radius 3 is 2.21 bits per heavy atom. The number of esters is 2. The highest BCUT2D eigenvalue weighted by Crippen LogP contribution is 2.51. The van der Waals surface area contributed by atoms with Gasteiger partial charge in [0.1, 0.15) is 24.9 Å². The van der Waals surface area contributed by atoms with Gasteiger partial charge in [-0.15, -0.1) is 0 Å². The van der Waals surface area contributed by atoms with Crippen LogP contribution in [0.15, 0.2) is 0 Å². The van der Waals surface area contributed by atoms with Crippen LogP contribution < -0.4 is 0 Å². The fourth-order valence-corrected chi connectivity index (χ4v) is 4.45. The summed E-state index contributed by atoms with van der Waals surface area (Å²) in [6.45, 7) is 2.46. The molecule has 29 heavy (non-hydrogen) atoms. The summed E-state index contributed by atoms with van der Waals surface area (Å²) in [5.74, 6) is -3.32. The Morgan fingerprint density at radius 2 is 1.62 bits per heavy atom. The first-order chi connectivity index (χ1) is 13.8. The van der Waals surface area contributed by atoms with E-state index in [1.807, 2.05) is 0 Å². The molecule has 2 aliphatic heterocycles. The molecule has 3 fully saturated rings. The first-order valence-corrected chi connectivity index (χ1v) is 9.76. The number of carbonyl (C=O) groups excluding carboxylic acids is 2. The van der Waals surface area contributed by atoms with E-state index in [2.05, 4.69) is 0 Å². The Hall–Kier alpha value is -1.30. The minimum Gasteiger partial charge on any atom is -0.463 e. The third-order valence-electron chi connectivity index (χ3n) is 5.73. The summed E-state index contributed by atoms with van der Waals surface area (Å²) in [5, 5.41) is 0. The number of carbonyl (C=O) groups is 2. The van der Waals surface area contributed by atoms with Gasteiger partial charge in [0.15, 0.2) is 12.4 Å². The monoisotopic (exact) mass is 418 g/mol. The Morgan fingerprint density at radius 1 is 0.966 bits per heavy atom. The van der Waals surface area contributed by atoms with E-state index in [0.717, 1.165) is 12.8 Å². The predicted octanol–water partition coefficient (Wildman–Crippen LogP) is 0.896. The fourth-order valence-electron chi connectivity index (χ4n) is 4.45. The van der Waals surface area contributed by atoms with Gasteiger partial charge in [-0.2, -0.15) is 0 Å². The first-order valence-electron chi connectivity index (χ1n) is 9.76. The molecule has 10 heteroatoms. The van der Waals surface area contributed by atoms with Crippen LogP contribution in [0.4, 0.5) is 0 Å². The highest BCUT2D eigenvalue weighted by Gasteiger charge is 2.68. The molecule has 1 saturated carbocycles. The summed E-state index contributed by atoms with van der Waals surface area (Å²) in [5.41, 5.74) is 0. The summed E-state index contributed by atoms with van der Waals surface area (Å²) in [6.07, 6.45) is -1.04. The molecule has 166 valence electrons. The predicted molar refractivity (Wildman–Crippen MR) is 95.6 cm³/mol. The van der Waals surface area contributed by atoms with Crippen LogP contribution in [0.5, 0.6) is 0 Å². The van der Waals surface area contributed by atoms with Gasteiger partial charge in [-0.05, 0) is 12.8 Å². The third-order valence-corrected chi connectivity index (χ3v) is 5.73. The molecule has 2 saturated heterocycles. The minimum atomic E-state index is -1.21. The number of ether oxygens (including phenoxy) is 8. The van der Waals surface area contributed by atoms with E-state index in [4.69, 9.17) is 37.9 Å². The van der Waals surface area contributed by atoms with Gasteiger partial charge in [-0.3, -0.25) is 9.59 Å². The molecule has 3 rings (SSSR count). The molecule has 0 aromatic carbocycles. The summed E-state index contributed by atoms with van der Waals surface area (Å²) in [7, 11) is 4.57. The molecule has 0 radical (unpaired) electrons. The van der Waals surface area contributed by atoms with Crippen molar-refractivity contribution in [3.05, 3.63) is 0 Å². The molecule has 0 N–H and O–H groups in total. The van der Waals surface area contributed by atoms with Gasteiger partial charge in [0.2, 0.25) is 11.6 Å². The van der Waals surface area contributed by atoms with Crippen molar-refractivity contribution in [2.24, 2.45) is 0 Å². The van der Waals surface area contributed by atoms with Gasteiger partial charge < -0.3 is 37.9 Å². The van der Waals surface area contributed by atoms with Crippen LogP contribution in [-0.4, -0.2) is 82.2 Å². The topological polar surface area (TPSA) is 108 Å². The average Bonchev–Trinajstić information content (AvgIpc) is 3.08. The second kappa shape index (κ2) is 8.83. The van der Waals surface area contributed by atoms with Gasteiger partial charge in [0.05, 0.1) is 0 Å². The van der Waals surface area contributed by atoms with Crippen molar-refractivity contribution in [1.82, 2.24) is 0 Å². The smallest absolute Gasteiger partial charge is 0.303 e. The van der Waals surface area contributed by atoms with Crippen LogP contribution in [0.1, 0.15) is 39.5 Å². The Labute approximate surface area is 170 Å². The molecule has 0 unspecified atom stereocenters. The minimum absolute atomic E-state index is 0.119. The Kier molecular flexibility index (Phi) is 6.81. The molecule has 1 spiro atoms. The van der Waals surface area contributed by atoms with Crippen molar-refractivity contribution in [2.45, 2.75) is 81.8 Å². The van der Waals surface area contributed by atoms with Crippen molar-refractivity contribution in [2.75, 3.05) is 27.9 Å². The van der Waals surface area contributed by atoms with Crippen molar-refractivity contribution >= 4 is 11.9 Å². The fraction of sp³-hybridized carbons (Fsp3) is 0.895. The molecular formula is C19H30O10. The van der Waals surface area contributed by atoms with Crippen LogP contribution in [-0.2, 0) is 47.5 Å². The van der Waals surface area contributed by atoms with E-state index < -0.39 is 54.2 Å². The maximum Gasteiger partial charge on any atom is 0.303 e. The maximum atomic E-state index is 11.8. The van der Waals surface area contributed by atoms with E-state index >= 15 is 0 Å². The lowest BCUT2D eigenvalue weighted by molar-refractivity contribution is -0.390. The summed E-state index contributed by atoms with van der Waals surface area (Å²) < 4.78 is 46.3. The molecule has 1 aliphatic carbocycles. The van der Waals surface area contributed by atoms with Gasteiger partial charge in [0.25, 0.3) is 0 Å². The zero-order chi connectivity index (χ0) is 21.2. The van der Waals surface area contributed by atoms with Crippen molar-refractivity contribution in [3.63, 3.8) is 0 Å². The zero-order valence-corrected chi connectivity index (χ0v) is 17.5. The van der Waals surface area contributed by atoms with E-state index in [9.17, 15) is 9.59 Å². The van der Waals surface area contributed by atoms with Gasteiger partial charge in [-0.25, -0.2) is 0 Å². The Balaban J connectivity index is 1.94. The van der Waals surface area contributed by atoms with Crippen LogP contribution in [0, 0.1) is 0 Å². The van der Waals surface area contributed by atoms with Gasteiger partial charge >= 0.3 is 11.9 Å². The van der Waals surface area contributed by atoms with Crippen molar-refractivity contribution in [1.29, 1.82) is 0 Å². The van der Waals surface area contributed by atoms with Crippen LogP contribution in [0.2, 0.25) is 0 Å². The lowest BCUT2D eigenvalue weighted by atomic mass is 9.87. The molecule has 6 atom stereocenters. The summed E-state index contributed by atoms with van der Waals surface area (Å²) in [6, 6.07) is 0. The van der Waals surface area contributed by atoms with E-state index in [-0.39, 0.29) is 6.61 Å². The van der Waals surface area contributed by atoms with E-state index in [0.29, 0.717) is 12.8 Å². The lowest BCUT2D eigenvalue weighted by Gasteiger charge is -2.47. The largest absolute Gasteiger partial charge is 0.463 e. The molecule has 2 heterocycles. The van der Waals surface area contributed by atoms with Crippen LogP contribution in [0.25, 0.3) is 0 Å². The normalized spacial score (nSPS) is 38.4. The highest BCUT2D eigenvalue weighted by molar-refractivity contribution is 5.66. The van der Waals surface area contributed by atoms with Crippen LogP contribution in [0.3, 0.4) is 0 Å². The second-order valence-electron chi connectivity index (χ2n) is 7.44. The zero-order valence-electron chi connectivity index (χ0n) is 17.5. The van der Waals surface area contributed by atoms with E-state index in [1.165, 1.54) is 21.0 Å². The number of hydrogen-bond acceptors (Lipinski definition) is 10. The average molecular weight is 418 g/mol. The first kappa shape index (κ1) is 22.4. The molecule has 3 aliphatic rings. The highest BCUT2D eigenvalue weighted by atomic mass is 16.8. The number of fused-ring (bicyclic) bond motifs is 1. The SMILES string of the molecule is CO[C@H]1O[C@H](COC(C)=O)[C@@H](OC(C)=O)[C@@H]2O[C@]3(CCCCC3(OC)OC)O[C@H]12. The molecule has 0 aromatic heterocycles. The van der Waals surface area contributed by atoms with Crippen molar-refractivity contribution < 1.29 is 47.5 Å². The van der Waals surface area contributed by atoms with Crippen LogP contribution >= 0.6 is 0 Å². The van der Waals surface area contributed by atoms with Gasteiger partial charge in [-0.1, -0.05) is 0 Å². The number of hydrogen-bond donors (Lipinski definition) is 0. The van der Waals surface area contributed by atoms with E-state index in [1.54, 1.807) is 14.2 Å². The quantitative estimate of drug-likeness (QED) is 0.456. The second-order valence-corrected chi connectivity index (χ2v) is 7.44. The molecule has 0 bridgehead atoms. The number of methoxy groups -OCH3 is 3. The summed E-state index contributed by atoms with van der Waals surface area (Å²) >= 11 is 0.